The normalized spacial score (nSPS) is 15.9. The van der Waals surface area contributed by atoms with Crippen LogP contribution in [0.4, 0.5) is 0 Å². The molecule has 0 aliphatic carbocycles. The summed E-state index contributed by atoms with van der Waals surface area (Å²) >= 11 is 0. The van der Waals surface area contributed by atoms with Crippen LogP contribution in [0.3, 0.4) is 0 Å². The fraction of sp³-hybridized carbons (Fsp3) is 0.348. The minimum atomic E-state index is -3.49. The SMILES string of the molecule is Cc1ccccc1OCCNC(=O)C1CCN(S(=O)(=O)C=Cc2ccccc2)CC1. The highest BCUT2D eigenvalue weighted by atomic mass is 32.2. The molecule has 160 valence electrons. The van der Waals surface area contributed by atoms with Crippen LogP contribution in [0.15, 0.2) is 60.0 Å². The molecule has 0 saturated carbocycles. The van der Waals surface area contributed by atoms with Crippen molar-refractivity contribution in [3.63, 3.8) is 0 Å². The van der Waals surface area contributed by atoms with E-state index in [0.717, 1.165) is 16.9 Å². The van der Waals surface area contributed by atoms with Crippen molar-refractivity contribution in [2.75, 3.05) is 26.2 Å². The van der Waals surface area contributed by atoms with E-state index in [1.165, 1.54) is 9.71 Å². The van der Waals surface area contributed by atoms with Gasteiger partial charge in [-0.25, -0.2) is 8.42 Å². The van der Waals surface area contributed by atoms with Gasteiger partial charge < -0.3 is 10.1 Å². The molecule has 1 saturated heterocycles. The quantitative estimate of drug-likeness (QED) is 0.655. The highest BCUT2D eigenvalue weighted by Gasteiger charge is 2.29. The van der Waals surface area contributed by atoms with Gasteiger partial charge in [-0.3, -0.25) is 4.79 Å². The second-order valence-electron chi connectivity index (χ2n) is 7.34. The summed E-state index contributed by atoms with van der Waals surface area (Å²) in [6.07, 6.45) is 2.63. The summed E-state index contributed by atoms with van der Waals surface area (Å²) in [6.45, 7) is 3.49. The van der Waals surface area contributed by atoms with Crippen LogP contribution >= 0.6 is 0 Å². The molecule has 0 aromatic heterocycles. The number of carbonyl (C=O) groups excluding carboxylic acids is 1. The highest BCUT2D eigenvalue weighted by molar-refractivity contribution is 7.92. The van der Waals surface area contributed by atoms with Gasteiger partial charge in [-0.05, 0) is 43.0 Å². The summed E-state index contributed by atoms with van der Waals surface area (Å²) < 4.78 is 32.2. The molecule has 1 aliphatic rings. The Bertz CT molecular complexity index is 966. The van der Waals surface area contributed by atoms with Crippen LogP contribution in [-0.2, 0) is 14.8 Å². The number of nitrogens with zero attached hydrogens (tertiary/aromatic N) is 1. The third-order valence-electron chi connectivity index (χ3n) is 5.17. The molecule has 7 heteroatoms. The Hall–Kier alpha value is -2.64. The molecular weight excluding hydrogens is 400 g/mol. The van der Waals surface area contributed by atoms with Crippen LogP contribution in [-0.4, -0.2) is 44.9 Å². The summed E-state index contributed by atoms with van der Waals surface area (Å²) in [7, 11) is -3.49. The van der Waals surface area contributed by atoms with Crippen molar-refractivity contribution in [2.45, 2.75) is 19.8 Å². The van der Waals surface area contributed by atoms with Crippen LogP contribution in [0.1, 0.15) is 24.0 Å². The molecule has 6 nitrogen and oxygen atoms in total. The van der Waals surface area contributed by atoms with Crippen molar-refractivity contribution < 1.29 is 17.9 Å². The van der Waals surface area contributed by atoms with Gasteiger partial charge in [0.25, 0.3) is 0 Å². The van der Waals surface area contributed by atoms with E-state index in [4.69, 9.17) is 4.74 Å². The molecular formula is C23H28N2O4S. The van der Waals surface area contributed by atoms with Crippen LogP contribution in [0.2, 0.25) is 0 Å². The number of piperidine rings is 1. The number of hydrogen-bond acceptors (Lipinski definition) is 4. The van der Waals surface area contributed by atoms with Crippen molar-refractivity contribution in [1.29, 1.82) is 0 Å². The number of rotatable bonds is 8. The maximum absolute atomic E-state index is 12.5. The van der Waals surface area contributed by atoms with Gasteiger partial charge >= 0.3 is 0 Å². The molecule has 1 aliphatic heterocycles. The first-order chi connectivity index (χ1) is 14.5. The largest absolute Gasteiger partial charge is 0.491 e. The first kappa shape index (κ1) is 22.1. The predicted molar refractivity (Wildman–Crippen MR) is 118 cm³/mol. The Morgan fingerprint density at radius 2 is 1.77 bits per heavy atom. The van der Waals surface area contributed by atoms with E-state index in [9.17, 15) is 13.2 Å². The number of nitrogens with one attached hydrogen (secondary N) is 1. The predicted octanol–water partition coefficient (Wildman–Crippen LogP) is 3.20. The third kappa shape index (κ3) is 6.18. The molecule has 1 heterocycles. The van der Waals surface area contributed by atoms with Crippen LogP contribution in [0, 0.1) is 12.8 Å². The first-order valence-corrected chi connectivity index (χ1v) is 11.7. The smallest absolute Gasteiger partial charge is 0.236 e. The molecule has 0 spiro atoms. The van der Waals surface area contributed by atoms with E-state index >= 15 is 0 Å². The van der Waals surface area contributed by atoms with E-state index < -0.39 is 10.0 Å². The topological polar surface area (TPSA) is 75.7 Å². The van der Waals surface area contributed by atoms with Gasteiger partial charge in [-0.2, -0.15) is 4.31 Å². The van der Waals surface area contributed by atoms with Gasteiger partial charge in [0.2, 0.25) is 15.9 Å². The van der Waals surface area contributed by atoms with E-state index in [-0.39, 0.29) is 11.8 Å². The molecule has 0 atom stereocenters. The number of carbonyl (C=O) groups is 1. The number of hydrogen-bond donors (Lipinski definition) is 1. The van der Waals surface area contributed by atoms with Gasteiger partial charge in [0.15, 0.2) is 0 Å². The summed E-state index contributed by atoms with van der Waals surface area (Å²) in [6, 6.07) is 17.1. The lowest BCUT2D eigenvalue weighted by molar-refractivity contribution is -0.126. The number of sulfonamides is 1. The molecule has 2 aromatic carbocycles. The lowest BCUT2D eigenvalue weighted by atomic mass is 9.97. The Kier molecular flexibility index (Phi) is 7.65. The summed E-state index contributed by atoms with van der Waals surface area (Å²) in [5, 5.41) is 4.14. The van der Waals surface area contributed by atoms with Crippen molar-refractivity contribution in [2.24, 2.45) is 5.92 Å². The second-order valence-corrected chi connectivity index (χ2v) is 9.16. The molecule has 1 fully saturated rings. The van der Waals surface area contributed by atoms with Gasteiger partial charge in [-0.15, -0.1) is 0 Å². The standard InChI is InChI=1S/C23H28N2O4S/c1-19-7-5-6-10-22(19)29-17-14-24-23(26)21-11-15-25(16-12-21)30(27,28)18-13-20-8-3-2-4-9-20/h2-10,13,18,21H,11-12,14-17H2,1H3,(H,24,26). The summed E-state index contributed by atoms with van der Waals surface area (Å²) in [5.41, 5.74) is 1.89. The molecule has 0 radical (unpaired) electrons. The molecule has 1 amide bonds. The number of ether oxygens (including phenoxy) is 1. The number of amides is 1. The fourth-order valence-corrected chi connectivity index (χ4v) is 4.61. The van der Waals surface area contributed by atoms with E-state index in [0.29, 0.717) is 39.1 Å². The Balaban J connectivity index is 1.41. The van der Waals surface area contributed by atoms with Crippen molar-refractivity contribution >= 4 is 22.0 Å². The van der Waals surface area contributed by atoms with Gasteiger partial charge in [0, 0.05) is 24.4 Å². The number of aryl methyl sites for hydroxylation is 1. The summed E-state index contributed by atoms with van der Waals surface area (Å²) in [5.74, 6) is 0.599. The highest BCUT2D eigenvalue weighted by Crippen LogP contribution is 2.21. The van der Waals surface area contributed by atoms with Crippen molar-refractivity contribution in [1.82, 2.24) is 9.62 Å². The van der Waals surface area contributed by atoms with E-state index in [1.54, 1.807) is 6.08 Å². The Morgan fingerprint density at radius 1 is 1.10 bits per heavy atom. The molecule has 30 heavy (non-hydrogen) atoms. The zero-order valence-electron chi connectivity index (χ0n) is 17.2. The van der Waals surface area contributed by atoms with E-state index in [1.807, 2.05) is 61.5 Å². The van der Waals surface area contributed by atoms with Crippen molar-refractivity contribution in [3.8, 4) is 5.75 Å². The molecule has 2 aromatic rings. The molecule has 0 unspecified atom stereocenters. The lowest BCUT2D eigenvalue weighted by Gasteiger charge is -2.29. The van der Waals surface area contributed by atoms with Crippen LogP contribution < -0.4 is 10.1 Å². The van der Waals surface area contributed by atoms with E-state index in [2.05, 4.69) is 5.32 Å². The van der Waals surface area contributed by atoms with Crippen molar-refractivity contribution in [3.05, 3.63) is 71.1 Å². The second kappa shape index (κ2) is 10.4. The minimum Gasteiger partial charge on any atom is -0.491 e. The average molecular weight is 429 g/mol. The number of benzene rings is 2. The number of para-hydroxylation sites is 1. The maximum atomic E-state index is 12.5. The zero-order chi connectivity index (χ0) is 21.4. The molecule has 0 bridgehead atoms. The fourth-order valence-electron chi connectivity index (χ4n) is 3.39. The molecule has 3 rings (SSSR count). The monoisotopic (exact) mass is 428 g/mol. The van der Waals surface area contributed by atoms with Gasteiger partial charge in [-0.1, -0.05) is 48.5 Å². The lowest BCUT2D eigenvalue weighted by Crippen LogP contribution is -2.43. The zero-order valence-corrected chi connectivity index (χ0v) is 18.0. The Labute approximate surface area is 178 Å². The van der Waals surface area contributed by atoms with Gasteiger partial charge in [0.05, 0.1) is 6.54 Å². The minimum absolute atomic E-state index is 0.0414. The Morgan fingerprint density at radius 3 is 2.47 bits per heavy atom. The maximum Gasteiger partial charge on any atom is 0.236 e. The van der Waals surface area contributed by atoms with Crippen LogP contribution in [0.5, 0.6) is 5.75 Å². The third-order valence-corrected chi connectivity index (χ3v) is 6.73. The van der Waals surface area contributed by atoms with Crippen LogP contribution in [0.25, 0.3) is 6.08 Å². The average Bonchev–Trinajstić information content (AvgIpc) is 2.77. The first-order valence-electron chi connectivity index (χ1n) is 10.1. The van der Waals surface area contributed by atoms with Gasteiger partial charge in [0.1, 0.15) is 12.4 Å². The molecule has 1 N–H and O–H groups in total. The summed E-state index contributed by atoms with van der Waals surface area (Å²) in [4.78, 5) is 12.4.